The van der Waals surface area contributed by atoms with Crippen LogP contribution in [0.15, 0.2) is 24.3 Å². The molecule has 0 fully saturated rings. The molecular weight excluding hydrogens is 266 g/mol. The smallest absolute Gasteiger partial charge is 0.0406 e. The molecule has 18 heavy (non-hydrogen) atoms. The van der Waals surface area contributed by atoms with Gasteiger partial charge in [0.05, 0.1) is 0 Å². The van der Waals surface area contributed by atoms with Crippen LogP contribution in [0, 0.1) is 0 Å². The quantitative estimate of drug-likeness (QED) is 0.741. The van der Waals surface area contributed by atoms with Gasteiger partial charge in [-0.25, -0.2) is 0 Å². The van der Waals surface area contributed by atoms with Gasteiger partial charge in [0.25, 0.3) is 0 Å². The van der Waals surface area contributed by atoms with Gasteiger partial charge in [-0.15, -0.1) is 0 Å². The number of benzene rings is 1. The van der Waals surface area contributed by atoms with Crippen molar-refractivity contribution in [1.82, 2.24) is 5.32 Å². The maximum Gasteiger partial charge on any atom is 0.0406 e. The van der Waals surface area contributed by atoms with Crippen LogP contribution in [0.25, 0.3) is 0 Å². The summed E-state index contributed by atoms with van der Waals surface area (Å²) >= 11 is 5.90. The Morgan fingerprint density at radius 2 is 2.00 bits per heavy atom. The molecule has 0 aliphatic heterocycles. The zero-order chi connectivity index (χ0) is 13.4. The Morgan fingerprint density at radius 3 is 2.56 bits per heavy atom. The number of halogens is 1. The molecule has 0 saturated carbocycles. The third kappa shape index (κ3) is 5.98. The lowest BCUT2D eigenvalue weighted by Crippen LogP contribution is -2.23. The molecule has 2 unspecified atom stereocenters. The number of hydrogen-bond acceptors (Lipinski definition) is 2. The average Bonchev–Trinajstić information content (AvgIpc) is 2.34. The lowest BCUT2D eigenvalue weighted by Gasteiger charge is -2.18. The highest BCUT2D eigenvalue weighted by Crippen LogP contribution is 2.20. The summed E-state index contributed by atoms with van der Waals surface area (Å²) in [6.07, 6.45) is 4.95. The minimum absolute atomic E-state index is 0.373. The summed E-state index contributed by atoms with van der Waals surface area (Å²) in [5, 5.41) is 4.31. The van der Waals surface area contributed by atoms with E-state index in [-0.39, 0.29) is 0 Å². The molecule has 1 rings (SSSR count). The molecule has 2 atom stereocenters. The van der Waals surface area contributed by atoms with E-state index >= 15 is 0 Å². The maximum absolute atomic E-state index is 11.0. The molecule has 0 aromatic heterocycles. The Balaban J connectivity index is 2.48. The standard InChI is InChI=1S/C14H22ClNOS/c1-3-5-14(16-10-4-11-18(2)17)12-6-8-13(15)9-7-12/h6-9,14,16H,3-5,10-11H2,1-2H3. The highest BCUT2D eigenvalue weighted by atomic mass is 35.5. The van der Waals surface area contributed by atoms with Gasteiger partial charge in [0, 0.05) is 33.9 Å². The van der Waals surface area contributed by atoms with Gasteiger partial charge < -0.3 is 5.32 Å². The predicted molar refractivity (Wildman–Crippen MR) is 80.7 cm³/mol. The summed E-state index contributed by atoms with van der Waals surface area (Å²) in [7, 11) is -0.689. The summed E-state index contributed by atoms with van der Waals surface area (Å²) in [5.74, 6) is 0.770. The largest absolute Gasteiger partial charge is 0.310 e. The third-order valence-corrected chi connectivity index (χ3v) is 3.96. The zero-order valence-corrected chi connectivity index (χ0v) is 12.7. The number of hydrogen-bond donors (Lipinski definition) is 1. The molecule has 102 valence electrons. The van der Waals surface area contributed by atoms with Crippen molar-refractivity contribution >= 4 is 22.4 Å². The Morgan fingerprint density at radius 1 is 1.33 bits per heavy atom. The fourth-order valence-corrected chi connectivity index (χ4v) is 2.60. The van der Waals surface area contributed by atoms with E-state index in [9.17, 15) is 4.21 Å². The minimum atomic E-state index is -0.689. The van der Waals surface area contributed by atoms with Crippen LogP contribution in [-0.4, -0.2) is 22.8 Å². The average molecular weight is 288 g/mol. The van der Waals surface area contributed by atoms with Gasteiger partial charge in [-0.2, -0.15) is 0 Å². The monoisotopic (exact) mass is 287 g/mol. The van der Waals surface area contributed by atoms with Crippen LogP contribution in [0.3, 0.4) is 0 Å². The normalized spacial score (nSPS) is 14.4. The maximum atomic E-state index is 11.0. The van der Waals surface area contributed by atoms with E-state index in [0.717, 1.165) is 36.6 Å². The van der Waals surface area contributed by atoms with Gasteiger partial charge in [-0.3, -0.25) is 4.21 Å². The van der Waals surface area contributed by atoms with Crippen molar-refractivity contribution in [3.05, 3.63) is 34.9 Å². The Hall–Kier alpha value is -0.380. The molecule has 0 radical (unpaired) electrons. The van der Waals surface area contributed by atoms with Crippen molar-refractivity contribution in [3.63, 3.8) is 0 Å². The number of rotatable bonds is 8. The van der Waals surface area contributed by atoms with E-state index in [0.29, 0.717) is 6.04 Å². The summed E-state index contributed by atoms with van der Waals surface area (Å²) in [6.45, 7) is 3.10. The first-order valence-corrected chi connectivity index (χ1v) is 8.53. The summed E-state index contributed by atoms with van der Waals surface area (Å²) in [4.78, 5) is 0. The SMILES string of the molecule is CCCC(NCCCS(C)=O)c1ccc(Cl)cc1. The summed E-state index contributed by atoms with van der Waals surface area (Å²) in [5.41, 5.74) is 1.28. The van der Waals surface area contributed by atoms with Gasteiger partial charge in [0.15, 0.2) is 0 Å². The fourth-order valence-electron chi connectivity index (χ4n) is 1.92. The second-order valence-corrected chi connectivity index (χ2v) is 6.47. The van der Waals surface area contributed by atoms with Crippen LogP contribution < -0.4 is 5.32 Å². The lowest BCUT2D eigenvalue weighted by molar-refractivity contribution is 0.494. The van der Waals surface area contributed by atoms with E-state index in [2.05, 4.69) is 24.4 Å². The molecule has 0 saturated heterocycles. The van der Waals surface area contributed by atoms with Gasteiger partial charge in [0.1, 0.15) is 0 Å². The van der Waals surface area contributed by atoms with E-state index in [4.69, 9.17) is 11.6 Å². The molecule has 1 aromatic carbocycles. The van der Waals surface area contributed by atoms with Gasteiger partial charge in [-0.1, -0.05) is 37.1 Å². The molecule has 1 aromatic rings. The van der Waals surface area contributed by atoms with Crippen molar-refractivity contribution in [2.24, 2.45) is 0 Å². The number of nitrogens with one attached hydrogen (secondary N) is 1. The molecule has 2 nitrogen and oxygen atoms in total. The van der Waals surface area contributed by atoms with Crippen LogP contribution in [0.5, 0.6) is 0 Å². The van der Waals surface area contributed by atoms with Crippen LogP contribution in [0.4, 0.5) is 0 Å². The van der Waals surface area contributed by atoms with Crippen molar-refractivity contribution in [3.8, 4) is 0 Å². The summed E-state index contributed by atoms with van der Waals surface area (Å²) < 4.78 is 11.0. The van der Waals surface area contributed by atoms with Crippen molar-refractivity contribution in [2.75, 3.05) is 18.6 Å². The molecule has 1 N–H and O–H groups in total. The van der Waals surface area contributed by atoms with E-state index < -0.39 is 10.8 Å². The fraction of sp³-hybridized carbons (Fsp3) is 0.571. The first-order chi connectivity index (χ1) is 8.63. The van der Waals surface area contributed by atoms with Crippen LogP contribution >= 0.6 is 11.6 Å². The van der Waals surface area contributed by atoms with Gasteiger partial charge in [-0.05, 0) is 37.1 Å². The Kier molecular flexibility index (Phi) is 7.56. The van der Waals surface area contributed by atoms with Crippen LogP contribution in [0.2, 0.25) is 5.02 Å². The van der Waals surface area contributed by atoms with Gasteiger partial charge >= 0.3 is 0 Å². The lowest BCUT2D eigenvalue weighted by atomic mass is 10.0. The molecule has 4 heteroatoms. The Bertz CT molecular complexity index is 367. The molecule has 0 aliphatic rings. The zero-order valence-electron chi connectivity index (χ0n) is 11.1. The molecule has 0 heterocycles. The van der Waals surface area contributed by atoms with E-state index in [1.54, 1.807) is 6.26 Å². The second-order valence-electron chi connectivity index (χ2n) is 4.48. The van der Waals surface area contributed by atoms with E-state index in [1.165, 1.54) is 5.56 Å². The molecule has 0 aliphatic carbocycles. The molecule has 0 spiro atoms. The highest BCUT2D eigenvalue weighted by molar-refractivity contribution is 7.84. The third-order valence-electron chi connectivity index (χ3n) is 2.85. The second kappa shape index (κ2) is 8.68. The first-order valence-electron chi connectivity index (χ1n) is 6.42. The van der Waals surface area contributed by atoms with E-state index in [1.807, 2.05) is 12.1 Å². The highest BCUT2D eigenvalue weighted by Gasteiger charge is 2.09. The van der Waals surface area contributed by atoms with Crippen molar-refractivity contribution in [2.45, 2.75) is 32.2 Å². The van der Waals surface area contributed by atoms with Crippen molar-refractivity contribution < 1.29 is 4.21 Å². The Labute approximate surface area is 118 Å². The predicted octanol–water partition coefficient (Wildman–Crippen LogP) is 3.54. The summed E-state index contributed by atoms with van der Waals surface area (Å²) in [6, 6.07) is 8.39. The van der Waals surface area contributed by atoms with Crippen molar-refractivity contribution in [1.29, 1.82) is 0 Å². The molecular formula is C14H22ClNOS. The van der Waals surface area contributed by atoms with Gasteiger partial charge in [0.2, 0.25) is 0 Å². The first kappa shape index (κ1) is 15.7. The van der Waals surface area contributed by atoms with Crippen LogP contribution in [-0.2, 0) is 10.8 Å². The van der Waals surface area contributed by atoms with Crippen LogP contribution in [0.1, 0.15) is 37.8 Å². The molecule has 0 bridgehead atoms. The minimum Gasteiger partial charge on any atom is -0.310 e. The molecule has 0 amide bonds. The topological polar surface area (TPSA) is 29.1 Å².